The molecule has 0 aliphatic carbocycles. The third kappa shape index (κ3) is 13.7. The average molecular weight is 468 g/mol. The zero-order chi connectivity index (χ0) is 25.6. The van der Waals surface area contributed by atoms with Crippen molar-refractivity contribution in [3.8, 4) is 0 Å². The monoisotopic (exact) mass is 467 g/mol. The van der Waals surface area contributed by atoms with E-state index >= 15 is 0 Å². The van der Waals surface area contributed by atoms with Gasteiger partial charge in [-0.3, -0.25) is 28.8 Å². The van der Waals surface area contributed by atoms with E-state index in [0.717, 1.165) is 0 Å². The maximum absolute atomic E-state index is 12.4. The van der Waals surface area contributed by atoms with Crippen molar-refractivity contribution < 1.29 is 28.8 Å². The molecule has 9 nitrogen and oxygen atoms in total. The summed E-state index contributed by atoms with van der Waals surface area (Å²) in [6, 6.07) is -1.92. The van der Waals surface area contributed by atoms with Crippen LogP contribution >= 0.6 is 0 Å². The van der Waals surface area contributed by atoms with Crippen molar-refractivity contribution in [2.75, 3.05) is 0 Å². The third-order valence-electron chi connectivity index (χ3n) is 5.35. The van der Waals surface area contributed by atoms with Gasteiger partial charge in [-0.05, 0) is 33.1 Å². The van der Waals surface area contributed by atoms with Crippen molar-refractivity contribution in [1.29, 1.82) is 0 Å². The van der Waals surface area contributed by atoms with Crippen LogP contribution in [0.1, 0.15) is 92.9 Å². The first kappa shape index (κ1) is 30.6. The number of hydrogen-bond acceptors (Lipinski definition) is 7. The molecule has 0 aromatic heterocycles. The maximum atomic E-state index is 12.4. The fourth-order valence-electron chi connectivity index (χ4n) is 3.31. The predicted octanol–water partition coefficient (Wildman–Crippen LogP) is 1.80. The van der Waals surface area contributed by atoms with Crippen LogP contribution in [-0.2, 0) is 28.8 Å². The highest BCUT2D eigenvalue weighted by Gasteiger charge is 2.23. The average Bonchev–Trinajstić information content (AvgIpc) is 2.75. The van der Waals surface area contributed by atoms with Gasteiger partial charge in [0.25, 0.3) is 0 Å². The Balaban J connectivity index is 4.78. The molecule has 3 atom stereocenters. The lowest BCUT2D eigenvalue weighted by Crippen LogP contribution is -2.44. The molecule has 0 aliphatic heterocycles. The second kappa shape index (κ2) is 16.2. The van der Waals surface area contributed by atoms with E-state index in [1.54, 1.807) is 13.8 Å². The molecule has 9 heteroatoms. The Kier molecular flexibility index (Phi) is 15.0. The summed E-state index contributed by atoms with van der Waals surface area (Å²) in [6.45, 7) is 10.1. The van der Waals surface area contributed by atoms with Crippen LogP contribution in [0.25, 0.3) is 0 Å². The number of nitrogens with one attached hydrogen (secondary N) is 3. The molecule has 0 fully saturated rings. The molecule has 0 aromatic rings. The summed E-state index contributed by atoms with van der Waals surface area (Å²) < 4.78 is 0. The second-order valence-electron chi connectivity index (χ2n) is 8.66. The molecular weight excluding hydrogens is 426 g/mol. The van der Waals surface area contributed by atoms with Gasteiger partial charge in [0.1, 0.15) is 11.6 Å². The summed E-state index contributed by atoms with van der Waals surface area (Å²) in [5.74, 6) is -1.26. The number of ketones is 4. The predicted molar refractivity (Wildman–Crippen MR) is 126 cm³/mol. The molecule has 33 heavy (non-hydrogen) atoms. The fourth-order valence-corrected chi connectivity index (χ4v) is 3.31. The van der Waals surface area contributed by atoms with Crippen LogP contribution in [0.5, 0.6) is 0 Å². The van der Waals surface area contributed by atoms with Gasteiger partial charge in [0, 0.05) is 38.1 Å². The highest BCUT2D eigenvalue weighted by molar-refractivity contribution is 5.91. The molecule has 0 aliphatic rings. The number of rotatable bonds is 18. The lowest BCUT2D eigenvalue weighted by Gasteiger charge is -2.20. The molecule has 3 unspecified atom stereocenters. The zero-order valence-corrected chi connectivity index (χ0v) is 20.9. The largest absolute Gasteiger partial charge is 0.346 e. The van der Waals surface area contributed by atoms with Crippen LogP contribution in [-0.4, -0.2) is 59.1 Å². The summed E-state index contributed by atoms with van der Waals surface area (Å²) in [4.78, 5) is 72.1. The van der Waals surface area contributed by atoms with E-state index in [4.69, 9.17) is 0 Å². The van der Waals surface area contributed by atoms with E-state index in [0.29, 0.717) is 12.8 Å². The van der Waals surface area contributed by atoms with Gasteiger partial charge in [0.15, 0.2) is 11.6 Å². The number of carbonyl (C=O) groups excluding carboxylic acids is 6. The van der Waals surface area contributed by atoms with Gasteiger partial charge in [-0.2, -0.15) is 0 Å². The summed E-state index contributed by atoms with van der Waals surface area (Å²) in [6.07, 6.45) is 1.50. The van der Waals surface area contributed by atoms with Crippen molar-refractivity contribution in [2.24, 2.45) is 0 Å². The fraction of sp³-hybridized carbons (Fsp3) is 0.750. The smallest absolute Gasteiger partial charge is 0.220 e. The molecule has 0 aromatic carbocycles. The normalized spacial score (nSPS) is 13.7. The molecule has 0 heterocycles. The summed E-state index contributed by atoms with van der Waals surface area (Å²) >= 11 is 0. The number of hydrogen-bond donors (Lipinski definition) is 3. The Morgan fingerprint density at radius 1 is 0.636 bits per heavy atom. The van der Waals surface area contributed by atoms with Crippen LogP contribution in [0, 0.1) is 0 Å². The molecule has 0 saturated carbocycles. The van der Waals surface area contributed by atoms with E-state index in [-0.39, 0.29) is 73.6 Å². The van der Waals surface area contributed by atoms with Crippen LogP contribution in [0.15, 0.2) is 0 Å². The first-order chi connectivity index (χ1) is 15.4. The van der Waals surface area contributed by atoms with Crippen LogP contribution in [0.3, 0.4) is 0 Å². The van der Waals surface area contributed by atoms with Gasteiger partial charge >= 0.3 is 0 Å². The van der Waals surface area contributed by atoms with E-state index in [1.807, 2.05) is 13.8 Å². The number of carbonyl (C=O) groups is 6. The van der Waals surface area contributed by atoms with Gasteiger partial charge in [-0.15, -0.1) is 0 Å². The third-order valence-corrected chi connectivity index (χ3v) is 5.35. The van der Waals surface area contributed by atoms with Gasteiger partial charge in [-0.25, -0.2) is 0 Å². The first-order valence-corrected chi connectivity index (χ1v) is 11.8. The summed E-state index contributed by atoms with van der Waals surface area (Å²) in [7, 11) is 0. The minimum atomic E-state index is -0.834. The zero-order valence-electron chi connectivity index (χ0n) is 20.9. The molecular formula is C24H41N3O6. The number of amides is 2. The van der Waals surface area contributed by atoms with E-state index in [1.165, 1.54) is 13.8 Å². The maximum Gasteiger partial charge on any atom is 0.220 e. The molecule has 3 N–H and O–H groups in total. The minimum absolute atomic E-state index is 0.0214. The topological polar surface area (TPSA) is 139 Å². The van der Waals surface area contributed by atoms with E-state index in [9.17, 15) is 28.8 Å². The van der Waals surface area contributed by atoms with Crippen molar-refractivity contribution in [2.45, 2.75) is 117 Å². The van der Waals surface area contributed by atoms with Crippen LogP contribution in [0.4, 0.5) is 0 Å². The Morgan fingerprint density at radius 3 is 1.52 bits per heavy atom. The highest BCUT2D eigenvalue weighted by Crippen LogP contribution is 2.07. The standard InChI is InChI=1S/C24H41N3O6/c1-7-18(30)9-10-21(22(31)8-2)27-24(33)14-12-20(17(6)29)26-23(32)13-11-19(16(5)28)25-15(3)4/h15,19-21,25H,7-14H2,1-6H3,(H,26,32)(H,27,33). The number of Topliss-reactive ketones (excluding diaryl/α,β-unsaturated/α-hetero) is 4. The minimum Gasteiger partial charge on any atom is -0.346 e. The van der Waals surface area contributed by atoms with Crippen molar-refractivity contribution in [3.63, 3.8) is 0 Å². The highest BCUT2D eigenvalue weighted by atomic mass is 16.2. The molecule has 2 amide bonds. The van der Waals surface area contributed by atoms with Crippen molar-refractivity contribution in [1.82, 2.24) is 16.0 Å². The molecule has 0 rings (SSSR count). The Morgan fingerprint density at radius 2 is 1.09 bits per heavy atom. The lowest BCUT2D eigenvalue weighted by atomic mass is 10.0. The van der Waals surface area contributed by atoms with Crippen molar-refractivity contribution in [3.05, 3.63) is 0 Å². The molecule has 0 radical (unpaired) electrons. The Hall–Kier alpha value is -2.42. The second-order valence-corrected chi connectivity index (χ2v) is 8.66. The van der Waals surface area contributed by atoms with E-state index < -0.39 is 24.0 Å². The first-order valence-electron chi connectivity index (χ1n) is 11.8. The Bertz CT molecular complexity index is 704. The van der Waals surface area contributed by atoms with Gasteiger partial charge in [0.2, 0.25) is 11.8 Å². The molecule has 188 valence electrons. The molecule has 0 saturated heterocycles. The van der Waals surface area contributed by atoms with Crippen LogP contribution < -0.4 is 16.0 Å². The SMILES string of the molecule is CCC(=O)CCC(NC(=O)CCC(NC(=O)CCC(NC(C)C)C(C)=O)C(C)=O)C(=O)CC. The molecule has 0 bridgehead atoms. The van der Waals surface area contributed by atoms with Gasteiger partial charge in [-0.1, -0.05) is 27.7 Å². The Labute approximate surface area is 197 Å². The van der Waals surface area contributed by atoms with Crippen molar-refractivity contribution >= 4 is 34.9 Å². The molecule has 0 spiro atoms. The van der Waals surface area contributed by atoms with E-state index in [2.05, 4.69) is 16.0 Å². The quantitative estimate of drug-likeness (QED) is 0.279. The van der Waals surface area contributed by atoms with Crippen LogP contribution in [0.2, 0.25) is 0 Å². The van der Waals surface area contributed by atoms with Gasteiger partial charge < -0.3 is 16.0 Å². The summed E-state index contributed by atoms with van der Waals surface area (Å²) in [5.41, 5.74) is 0. The van der Waals surface area contributed by atoms with Gasteiger partial charge in [0.05, 0.1) is 18.1 Å². The summed E-state index contributed by atoms with van der Waals surface area (Å²) in [5, 5.41) is 8.40. The lowest BCUT2D eigenvalue weighted by molar-refractivity contribution is -0.129.